The summed E-state index contributed by atoms with van der Waals surface area (Å²) in [4.78, 5) is 40.2. The maximum Gasteiger partial charge on any atom is 0.262 e. The average molecular weight is 436 g/mol. The minimum atomic E-state index is -0.340. The summed E-state index contributed by atoms with van der Waals surface area (Å²) >= 11 is 1.33. The van der Waals surface area contributed by atoms with Gasteiger partial charge in [0, 0.05) is 40.5 Å². The zero-order valence-electron chi connectivity index (χ0n) is 16.5. The molecule has 0 atom stereocenters. The monoisotopic (exact) mass is 436 g/mol. The van der Waals surface area contributed by atoms with Crippen molar-refractivity contribution in [3.05, 3.63) is 65.7 Å². The minimum Gasteiger partial charge on any atom is -0.484 e. The normalized spacial score (nSPS) is 12.6. The lowest BCUT2D eigenvalue weighted by atomic mass is 10.2. The van der Waals surface area contributed by atoms with Gasteiger partial charge in [0.1, 0.15) is 5.75 Å². The van der Waals surface area contributed by atoms with Gasteiger partial charge in [-0.3, -0.25) is 19.7 Å². The summed E-state index contributed by atoms with van der Waals surface area (Å²) in [5.41, 5.74) is 1.64. The van der Waals surface area contributed by atoms with Crippen molar-refractivity contribution >= 4 is 45.6 Å². The van der Waals surface area contributed by atoms with E-state index in [9.17, 15) is 14.4 Å². The lowest BCUT2D eigenvalue weighted by Gasteiger charge is -2.10. The lowest BCUT2D eigenvalue weighted by Crippen LogP contribution is -2.20. The van der Waals surface area contributed by atoms with E-state index in [1.54, 1.807) is 60.1 Å². The maximum absolute atomic E-state index is 12.2. The molecule has 31 heavy (non-hydrogen) atoms. The van der Waals surface area contributed by atoms with Gasteiger partial charge in [-0.25, -0.2) is 4.98 Å². The van der Waals surface area contributed by atoms with Gasteiger partial charge in [0.15, 0.2) is 11.7 Å². The molecule has 3 aromatic rings. The molecule has 0 aliphatic heterocycles. The van der Waals surface area contributed by atoms with Crippen LogP contribution < -0.4 is 20.7 Å². The highest BCUT2D eigenvalue weighted by Gasteiger charge is 2.29. The summed E-state index contributed by atoms with van der Waals surface area (Å²) in [7, 11) is 0. The second-order valence-electron chi connectivity index (χ2n) is 7.00. The van der Waals surface area contributed by atoms with Crippen molar-refractivity contribution in [1.29, 1.82) is 0 Å². The Balaban J connectivity index is 1.26. The van der Waals surface area contributed by atoms with Crippen LogP contribution in [0.2, 0.25) is 0 Å². The first-order valence-corrected chi connectivity index (χ1v) is 10.6. The summed E-state index contributed by atoms with van der Waals surface area (Å²) in [6, 6.07) is 13.5. The third kappa shape index (κ3) is 5.89. The molecule has 1 heterocycles. The standard InChI is InChI=1S/C22H20N4O4S/c27-19(13-30-18-3-1-2-17(12-18)25-20(28)14-4-5-14)24-16-8-6-15(7-9-16)21(29)26-22-23-10-11-31-22/h1-3,6-12,14H,4-5,13H2,(H,24,27)(H,25,28)(H,23,26,29). The second kappa shape index (κ2) is 9.40. The number of nitrogens with zero attached hydrogens (tertiary/aromatic N) is 1. The van der Waals surface area contributed by atoms with E-state index >= 15 is 0 Å². The summed E-state index contributed by atoms with van der Waals surface area (Å²) in [6.45, 7) is -0.188. The Kier molecular flexibility index (Phi) is 6.23. The number of thiazole rings is 1. The van der Waals surface area contributed by atoms with Crippen molar-refractivity contribution in [3.8, 4) is 5.75 Å². The van der Waals surface area contributed by atoms with E-state index in [2.05, 4.69) is 20.9 Å². The van der Waals surface area contributed by atoms with Crippen LogP contribution in [0.4, 0.5) is 16.5 Å². The smallest absolute Gasteiger partial charge is 0.262 e. The third-order valence-electron chi connectivity index (χ3n) is 4.50. The summed E-state index contributed by atoms with van der Waals surface area (Å²) in [6.07, 6.45) is 3.47. The quantitative estimate of drug-likeness (QED) is 0.498. The molecule has 8 nitrogen and oxygen atoms in total. The van der Waals surface area contributed by atoms with Gasteiger partial charge in [-0.2, -0.15) is 0 Å². The van der Waals surface area contributed by atoms with Crippen LogP contribution in [-0.2, 0) is 9.59 Å². The molecule has 3 amide bonds. The fourth-order valence-corrected chi connectivity index (χ4v) is 3.28. The number of amides is 3. The van der Waals surface area contributed by atoms with Crippen LogP contribution in [0.3, 0.4) is 0 Å². The zero-order chi connectivity index (χ0) is 21.6. The summed E-state index contributed by atoms with van der Waals surface area (Å²) in [5.74, 6) is -0.00553. The number of aromatic nitrogens is 1. The Morgan fingerprint density at radius 3 is 2.52 bits per heavy atom. The predicted molar refractivity (Wildman–Crippen MR) is 118 cm³/mol. The topological polar surface area (TPSA) is 109 Å². The molecule has 0 saturated heterocycles. The molecule has 9 heteroatoms. The number of anilines is 3. The van der Waals surface area contributed by atoms with Crippen LogP contribution in [0.25, 0.3) is 0 Å². The van der Waals surface area contributed by atoms with Gasteiger partial charge < -0.3 is 15.4 Å². The molecule has 1 aliphatic carbocycles. The number of benzene rings is 2. The number of ether oxygens (including phenoxy) is 1. The van der Waals surface area contributed by atoms with Crippen LogP contribution in [0.1, 0.15) is 23.2 Å². The van der Waals surface area contributed by atoms with Crippen molar-refractivity contribution < 1.29 is 19.1 Å². The number of nitrogens with one attached hydrogen (secondary N) is 3. The van der Waals surface area contributed by atoms with Gasteiger partial charge in [0.2, 0.25) is 5.91 Å². The summed E-state index contributed by atoms with van der Waals surface area (Å²) in [5, 5.41) is 10.6. The Bertz CT molecular complexity index is 1080. The molecule has 0 radical (unpaired) electrons. The molecule has 2 aromatic carbocycles. The SMILES string of the molecule is O=C(COc1cccc(NC(=O)C2CC2)c1)Nc1ccc(C(=O)Nc2nccs2)cc1. The Labute approximate surface area is 182 Å². The molecule has 1 saturated carbocycles. The van der Waals surface area contributed by atoms with E-state index in [0.29, 0.717) is 27.8 Å². The first kappa shape index (κ1) is 20.5. The van der Waals surface area contributed by atoms with E-state index in [0.717, 1.165) is 12.8 Å². The second-order valence-corrected chi connectivity index (χ2v) is 7.89. The van der Waals surface area contributed by atoms with Crippen LogP contribution in [-0.4, -0.2) is 29.3 Å². The Hall–Kier alpha value is -3.72. The number of carbonyl (C=O) groups is 3. The van der Waals surface area contributed by atoms with Crippen molar-refractivity contribution in [1.82, 2.24) is 4.98 Å². The lowest BCUT2D eigenvalue weighted by molar-refractivity contribution is -0.118. The highest BCUT2D eigenvalue weighted by molar-refractivity contribution is 7.13. The van der Waals surface area contributed by atoms with E-state index in [4.69, 9.17) is 4.74 Å². The van der Waals surface area contributed by atoms with Crippen molar-refractivity contribution in [2.24, 2.45) is 5.92 Å². The fourth-order valence-electron chi connectivity index (χ4n) is 2.76. The maximum atomic E-state index is 12.2. The van der Waals surface area contributed by atoms with Gasteiger partial charge in [0.05, 0.1) is 0 Å². The predicted octanol–water partition coefficient (Wildman–Crippen LogP) is 3.76. The highest BCUT2D eigenvalue weighted by atomic mass is 32.1. The zero-order valence-corrected chi connectivity index (χ0v) is 17.3. The Morgan fingerprint density at radius 1 is 1.00 bits per heavy atom. The molecule has 4 rings (SSSR count). The molecule has 1 fully saturated rings. The minimum absolute atomic E-state index is 0.0127. The fraction of sp³-hybridized carbons (Fsp3) is 0.182. The van der Waals surface area contributed by atoms with Gasteiger partial charge in [-0.15, -0.1) is 11.3 Å². The van der Waals surface area contributed by atoms with Crippen molar-refractivity contribution in [2.45, 2.75) is 12.8 Å². The molecule has 158 valence electrons. The number of hydrogen-bond acceptors (Lipinski definition) is 6. The van der Waals surface area contributed by atoms with Gasteiger partial charge in [-0.05, 0) is 49.2 Å². The molecule has 1 aromatic heterocycles. The first-order valence-electron chi connectivity index (χ1n) is 9.71. The van der Waals surface area contributed by atoms with Crippen molar-refractivity contribution in [2.75, 3.05) is 22.6 Å². The number of carbonyl (C=O) groups excluding carboxylic acids is 3. The van der Waals surface area contributed by atoms with Crippen LogP contribution in [0.15, 0.2) is 60.1 Å². The molecular weight excluding hydrogens is 416 g/mol. The van der Waals surface area contributed by atoms with E-state index in [1.807, 2.05) is 0 Å². The van der Waals surface area contributed by atoms with Crippen LogP contribution in [0.5, 0.6) is 5.75 Å². The van der Waals surface area contributed by atoms with Gasteiger partial charge >= 0.3 is 0 Å². The van der Waals surface area contributed by atoms with Gasteiger partial charge in [0.25, 0.3) is 11.8 Å². The van der Waals surface area contributed by atoms with Crippen LogP contribution in [0, 0.1) is 5.92 Å². The number of rotatable bonds is 8. The molecule has 1 aliphatic rings. The molecule has 0 bridgehead atoms. The van der Waals surface area contributed by atoms with Crippen molar-refractivity contribution in [3.63, 3.8) is 0 Å². The largest absolute Gasteiger partial charge is 0.484 e. The molecule has 0 spiro atoms. The van der Waals surface area contributed by atoms with E-state index < -0.39 is 0 Å². The summed E-state index contributed by atoms with van der Waals surface area (Å²) < 4.78 is 5.53. The first-order chi connectivity index (χ1) is 15.1. The molecule has 0 unspecified atom stereocenters. The third-order valence-corrected chi connectivity index (χ3v) is 5.19. The van der Waals surface area contributed by atoms with E-state index in [1.165, 1.54) is 11.3 Å². The number of hydrogen-bond donors (Lipinski definition) is 3. The molecule has 3 N–H and O–H groups in total. The van der Waals surface area contributed by atoms with Gasteiger partial charge in [-0.1, -0.05) is 6.07 Å². The van der Waals surface area contributed by atoms with Crippen LogP contribution >= 0.6 is 11.3 Å². The Morgan fingerprint density at radius 2 is 1.81 bits per heavy atom. The van der Waals surface area contributed by atoms with E-state index in [-0.39, 0.29) is 30.2 Å². The average Bonchev–Trinajstić information content (AvgIpc) is 3.51. The molecular formula is C22H20N4O4S. The highest BCUT2D eigenvalue weighted by Crippen LogP contribution is 2.30.